The lowest BCUT2D eigenvalue weighted by atomic mass is 10.1. The van der Waals surface area contributed by atoms with E-state index in [9.17, 15) is 14.3 Å². The molecule has 0 radical (unpaired) electrons. The summed E-state index contributed by atoms with van der Waals surface area (Å²) in [5, 5.41) is 12.1. The fourth-order valence-electron chi connectivity index (χ4n) is 2.69. The average molecular weight is 299 g/mol. The maximum absolute atomic E-state index is 12.9. The van der Waals surface area contributed by atoms with Crippen LogP contribution in [0.1, 0.15) is 29.0 Å². The van der Waals surface area contributed by atoms with Crippen molar-refractivity contribution in [3.8, 4) is 0 Å². The highest BCUT2D eigenvalue weighted by Gasteiger charge is 2.43. The molecule has 114 valence electrons. The van der Waals surface area contributed by atoms with Gasteiger partial charge in [0.2, 0.25) is 5.91 Å². The van der Waals surface area contributed by atoms with E-state index in [4.69, 9.17) is 0 Å². The molecule has 2 unspecified atom stereocenters. The molecule has 2 aromatic carbocycles. The van der Waals surface area contributed by atoms with Crippen LogP contribution in [-0.4, -0.2) is 11.0 Å². The first-order valence-corrected chi connectivity index (χ1v) is 7.35. The minimum atomic E-state index is -0.262. The SMILES string of the molecule is Cc1ccc(CO)cc1NC(=O)C1CC1c1ccc(F)cc1. The Morgan fingerprint density at radius 1 is 1.27 bits per heavy atom. The van der Waals surface area contributed by atoms with E-state index in [0.29, 0.717) is 0 Å². The Kier molecular flexibility index (Phi) is 3.94. The zero-order valence-corrected chi connectivity index (χ0v) is 12.3. The van der Waals surface area contributed by atoms with Crippen LogP contribution in [0.3, 0.4) is 0 Å². The molecule has 0 aliphatic heterocycles. The Morgan fingerprint density at radius 2 is 2.00 bits per heavy atom. The topological polar surface area (TPSA) is 49.3 Å². The molecule has 0 spiro atoms. The van der Waals surface area contributed by atoms with Crippen molar-refractivity contribution in [3.05, 3.63) is 65.0 Å². The van der Waals surface area contributed by atoms with E-state index in [1.807, 2.05) is 19.1 Å². The molecule has 1 fully saturated rings. The maximum Gasteiger partial charge on any atom is 0.228 e. The van der Waals surface area contributed by atoms with Crippen LogP contribution in [0.5, 0.6) is 0 Å². The number of amides is 1. The molecule has 1 aliphatic rings. The van der Waals surface area contributed by atoms with E-state index in [1.54, 1.807) is 18.2 Å². The number of carbonyl (C=O) groups excluding carboxylic acids is 1. The minimum absolute atomic E-state index is 0.0208. The summed E-state index contributed by atoms with van der Waals surface area (Å²) in [6.07, 6.45) is 0.788. The van der Waals surface area contributed by atoms with Crippen LogP contribution in [0, 0.1) is 18.7 Å². The van der Waals surface area contributed by atoms with Gasteiger partial charge in [0, 0.05) is 11.6 Å². The van der Waals surface area contributed by atoms with Gasteiger partial charge in [-0.05, 0) is 54.2 Å². The second kappa shape index (κ2) is 5.89. The summed E-state index contributed by atoms with van der Waals surface area (Å²) in [5.74, 6) is -0.182. The second-order valence-corrected chi connectivity index (χ2v) is 5.80. The summed E-state index contributed by atoms with van der Waals surface area (Å²) in [5.41, 5.74) is 3.47. The molecule has 0 heterocycles. The van der Waals surface area contributed by atoms with E-state index in [2.05, 4.69) is 5.32 Å². The Morgan fingerprint density at radius 3 is 2.68 bits per heavy atom. The average Bonchev–Trinajstić information content (AvgIpc) is 3.31. The first-order valence-electron chi connectivity index (χ1n) is 7.35. The third kappa shape index (κ3) is 3.02. The zero-order chi connectivity index (χ0) is 15.7. The van der Waals surface area contributed by atoms with Gasteiger partial charge in [-0.2, -0.15) is 0 Å². The van der Waals surface area contributed by atoms with Crippen molar-refractivity contribution in [2.45, 2.75) is 25.9 Å². The highest BCUT2D eigenvalue weighted by Crippen LogP contribution is 2.48. The minimum Gasteiger partial charge on any atom is -0.392 e. The van der Waals surface area contributed by atoms with Crippen LogP contribution >= 0.6 is 0 Å². The van der Waals surface area contributed by atoms with E-state index in [1.165, 1.54) is 12.1 Å². The summed E-state index contributed by atoms with van der Waals surface area (Å²) in [4.78, 5) is 12.3. The summed E-state index contributed by atoms with van der Waals surface area (Å²) < 4.78 is 12.9. The van der Waals surface area contributed by atoms with Crippen LogP contribution in [-0.2, 0) is 11.4 Å². The van der Waals surface area contributed by atoms with Crippen LogP contribution in [0.4, 0.5) is 10.1 Å². The van der Waals surface area contributed by atoms with Gasteiger partial charge in [0.25, 0.3) is 0 Å². The summed E-state index contributed by atoms with van der Waals surface area (Å²) in [6.45, 7) is 1.87. The number of aliphatic hydroxyl groups excluding tert-OH is 1. The lowest BCUT2D eigenvalue weighted by Crippen LogP contribution is -2.15. The van der Waals surface area contributed by atoms with Gasteiger partial charge in [-0.3, -0.25) is 4.79 Å². The van der Waals surface area contributed by atoms with Crippen molar-refractivity contribution in [2.24, 2.45) is 5.92 Å². The van der Waals surface area contributed by atoms with Crippen molar-refractivity contribution in [1.82, 2.24) is 0 Å². The van der Waals surface area contributed by atoms with Gasteiger partial charge in [0.1, 0.15) is 5.82 Å². The molecule has 0 aromatic heterocycles. The van der Waals surface area contributed by atoms with Gasteiger partial charge in [-0.25, -0.2) is 4.39 Å². The Balaban J connectivity index is 1.68. The zero-order valence-electron chi connectivity index (χ0n) is 12.3. The van der Waals surface area contributed by atoms with Gasteiger partial charge < -0.3 is 10.4 Å². The van der Waals surface area contributed by atoms with Gasteiger partial charge in [-0.15, -0.1) is 0 Å². The third-order valence-corrected chi connectivity index (χ3v) is 4.17. The predicted octanol–water partition coefficient (Wildman–Crippen LogP) is 3.37. The van der Waals surface area contributed by atoms with Gasteiger partial charge in [0.15, 0.2) is 0 Å². The third-order valence-electron chi connectivity index (χ3n) is 4.17. The van der Waals surface area contributed by atoms with Crippen molar-refractivity contribution in [1.29, 1.82) is 0 Å². The van der Waals surface area contributed by atoms with E-state index >= 15 is 0 Å². The van der Waals surface area contributed by atoms with Crippen molar-refractivity contribution >= 4 is 11.6 Å². The molecule has 2 aromatic rings. The molecule has 1 aliphatic carbocycles. The van der Waals surface area contributed by atoms with Crippen molar-refractivity contribution in [3.63, 3.8) is 0 Å². The molecule has 3 rings (SSSR count). The fraction of sp³-hybridized carbons (Fsp3) is 0.278. The number of nitrogens with one attached hydrogen (secondary N) is 1. The molecule has 1 amide bonds. The molecule has 3 nitrogen and oxygen atoms in total. The number of aliphatic hydroxyl groups is 1. The number of rotatable bonds is 4. The Labute approximate surface area is 128 Å². The second-order valence-electron chi connectivity index (χ2n) is 5.80. The normalized spacial score (nSPS) is 19.8. The summed E-state index contributed by atoms with van der Waals surface area (Å²) in [6, 6.07) is 11.8. The smallest absolute Gasteiger partial charge is 0.228 e. The molecule has 2 N–H and O–H groups in total. The summed E-state index contributed by atoms with van der Waals surface area (Å²) >= 11 is 0. The van der Waals surface area contributed by atoms with Gasteiger partial charge >= 0.3 is 0 Å². The number of halogens is 1. The number of carbonyl (C=O) groups is 1. The van der Waals surface area contributed by atoms with Crippen LogP contribution in [0.2, 0.25) is 0 Å². The van der Waals surface area contributed by atoms with E-state index < -0.39 is 0 Å². The lowest BCUT2D eigenvalue weighted by Gasteiger charge is -2.10. The molecule has 4 heteroatoms. The fourth-order valence-corrected chi connectivity index (χ4v) is 2.69. The highest BCUT2D eigenvalue weighted by molar-refractivity contribution is 5.95. The number of aryl methyl sites for hydroxylation is 1. The van der Waals surface area contributed by atoms with Crippen molar-refractivity contribution in [2.75, 3.05) is 5.32 Å². The Bertz CT molecular complexity index is 697. The quantitative estimate of drug-likeness (QED) is 0.909. The van der Waals surface area contributed by atoms with Gasteiger partial charge in [-0.1, -0.05) is 24.3 Å². The molecule has 0 saturated heterocycles. The molecule has 2 atom stereocenters. The molecular weight excluding hydrogens is 281 g/mol. The largest absolute Gasteiger partial charge is 0.392 e. The Hall–Kier alpha value is -2.20. The van der Waals surface area contributed by atoms with E-state index in [-0.39, 0.29) is 30.2 Å². The van der Waals surface area contributed by atoms with Crippen LogP contribution in [0.25, 0.3) is 0 Å². The maximum atomic E-state index is 12.9. The lowest BCUT2D eigenvalue weighted by molar-refractivity contribution is -0.117. The first-order chi connectivity index (χ1) is 10.6. The standard InChI is InChI=1S/C18H18FNO2/c1-11-2-3-12(10-21)8-17(11)20-18(22)16-9-15(16)13-4-6-14(19)7-5-13/h2-8,15-16,21H,9-10H2,1H3,(H,20,22). The monoisotopic (exact) mass is 299 g/mol. The summed E-state index contributed by atoms with van der Waals surface area (Å²) in [7, 11) is 0. The molecule has 0 bridgehead atoms. The molecular formula is C18H18FNO2. The van der Waals surface area contributed by atoms with E-state index in [0.717, 1.165) is 28.8 Å². The first kappa shape index (κ1) is 14.7. The molecule has 1 saturated carbocycles. The highest BCUT2D eigenvalue weighted by atomic mass is 19.1. The van der Waals surface area contributed by atoms with Crippen LogP contribution < -0.4 is 5.32 Å². The molecule has 22 heavy (non-hydrogen) atoms. The predicted molar refractivity (Wildman–Crippen MR) is 83.0 cm³/mol. The van der Waals surface area contributed by atoms with Gasteiger partial charge in [0.05, 0.1) is 6.61 Å². The number of benzene rings is 2. The van der Waals surface area contributed by atoms with Crippen LogP contribution in [0.15, 0.2) is 42.5 Å². The number of hydrogen-bond donors (Lipinski definition) is 2. The van der Waals surface area contributed by atoms with Crippen molar-refractivity contribution < 1.29 is 14.3 Å². The number of hydrogen-bond acceptors (Lipinski definition) is 2. The number of anilines is 1.